The van der Waals surface area contributed by atoms with E-state index >= 15 is 0 Å². The van der Waals surface area contributed by atoms with Crippen molar-refractivity contribution in [2.75, 3.05) is 0 Å². The predicted molar refractivity (Wildman–Crippen MR) is 98.8 cm³/mol. The lowest BCUT2D eigenvalue weighted by molar-refractivity contribution is 0.551. The Morgan fingerprint density at radius 1 is 0.870 bits per heavy atom. The highest BCUT2D eigenvalue weighted by molar-refractivity contribution is 7.89. The Labute approximate surface area is 142 Å². The van der Waals surface area contributed by atoms with Gasteiger partial charge in [0.15, 0.2) is 0 Å². The molecule has 0 fully saturated rings. The van der Waals surface area contributed by atoms with Crippen LogP contribution in [0.2, 0.25) is 0 Å². The van der Waals surface area contributed by atoms with Crippen molar-refractivity contribution in [2.24, 2.45) is 0 Å². The lowest BCUT2D eigenvalue weighted by atomic mass is 9.89. The van der Waals surface area contributed by atoms with E-state index in [1.54, 1.807) is 0 Å². The Hall–Kier alpha value is -0.870. The minimum Gasteiger partial charge on any atom is -0.208 e. The lowest BCUT2D eigenvalue weighted by Crippen LogP contribution is -2.33. The molecule has 132 valence electrons. The monoisotopic (exact) mass is 339 g/mol. The molecule has 0 aromatic heterocycles. The third-order valence-electron chi connectivity index (χ3n) is 4.32. The summed E-state index contributed by atoms with van der Waals surface area (Å²) in [6.07, 6.45) is 0.775. The van der Waals surface area contributed by atoms with Gasteiger partial charge in [0, 0.05) is 6.04 Å². The van der Waals surface area contributed by atoms with Gasteiger partial charge in [-0.05, 0) is 47.8 Å². The summed E-state index contributed by atoms with van der Waals surface area (Å²) in [6, 6.07) is 4.09. The summed E-state index contributed by atoms with van der Waals surface area (Å²) in [7, 11) is -3.52. The molecule has 0 spiro atoms. The summed E-state index contributed by atoms with van der Waals surface area (Å²) >= 11 is 0. The van der Waals surface area contributed by atoms with Crippen molar-refractivity contribution < 1.29 is 8.42 Å². The Bertz CT molecular complexity index is 602. The Morgan fingerprint density at radius 2 is 1.30 bits per heavy atom. The van der Waals surface area contributed by atoms with Crippen LogP contribution in [0.3, 0.4) is 0 Å². The molecule has 0 unspecified atom stereocenters. The van der Waals surface area contributed by atoms with E-state index in [2.05, 4.69) is 58.4 Å². The molecule has 1 atom stereocenters. The minimum atomic E-state index is -3.52. The van der Waals surface area contributed by atoms with Gasteiger partial charge in [0.1, 0.15) is 0 Å². The maximum atomic E-state index is 13.0. The van der Waals surface area contributed by atoms with Gasteiger partial charge in [-0.25, -0.2) is 13.1 Å². The van der Waals surface area contributed by atoms with Gasteiger partial charge in [-0.3, -0.25) is 0 Å². The topological polar surface area (TPSA) is 46.2 Å². The molecule has 1 rings (SSSR count). The number of benzene rings is 1. The predicted octanol–water partition coefficient (Wildman–Crippen LogP) is 5.13. The molecule has 0 amide bonds. The quantitative estimate of drug-likeness (QED) is 0.748. The molecule has 3 nitrogen and oxygen atoms in total. The van der Waals surface area contributed by atoms with Crippen LogP contribution in [0, 0.1) is 0 Å². The fourth-order valence-corrected chi connectivity index (χ4v) is 4.63. The van der Waals surface area contributed by atoms with E-state index in [0.717, 1.165) is 17.5 Å². The summed E-state index contributed by atoms with van der Waals surface area (Å²) in [5.74, 6) is 0.702. The van der Waals surface area contributed by atoms with Crippen LogP contribution in [0.25, 0.3) is 0 Å². The van der Waals surface area contributed by atoms with E-state index in [4.69, 9.17) is 0 Å². The van der Waals surface area contributed by atoms with Crippen molar-refractivity contribution in [2.45, 2.75) is 90.5 Å². The molecule has 1 N–H and O–H groups in total. The zero-order valence-corrected chi connectivity index (χ0v) is 16.7. The summed E-state index contributed by atoms with van der Waals surface area (Å²) in [6.45, 7) is 16.4. The van der Waals surface area contributed by atoms with Crippen molar-refractivity contribution >= 4 is 10.0 Å². The van der Waals surface area contributed by atoms with Crippen LogP contribution >= 0.6 is 0 Å². The van der Waals surface area contributed by atoms with Gasteiger partial charge in [-0.1, -0.05) is 60.6 Å². The number of hydrogen-bond donors (Lipinski definition) is 1. The average Bonchev–Trinajstić information content (AvgIpc) is 2.44. The van der Waals surface area contributed by atoms with Crippen LogP contribution in [0.1, 0.15) is 96.3 Å². The van der Waals surface area contributed by atoms with Crippen LogP contribution in [0.5, 0.6) is 0 Å². The van der Waals surface area contributed by atoms with Crippen LogP contribution in [-0.4, -0.2) is 14.5 Å². The normalized spacial score (nSPS) is 14.0. The lowest BCUT2D eigenvalue weighted by Gasteiger charge is -2.24. The summed E-state index contributed by atoms with van der Waals surface area (Å²) in [5.41, 5.74) is 3.06. The standard InChI is InChI=1S/C19H33NO2S/c1-9-15(8)20-23(21,22)19-17(13(4)5)10-16(12(2)3)11-18(19)14(6)7/h10-15,20H,9H2,1-8H3/t15-/m1/s1. The van der Waals surface area contributed by atoms with Crippen molar-refractivity contribution in [3.63, 3.8) is 0 Å². The first-order chi connectivity index (χ1) is 10.5. The number of hydrogen-bond acceptors (Lipinski definition) is 2. The molecule has 1 aromatic carbocycles. The van der Waals surface area contributed by atoms with Crippen LogP contribution < -0.4 is 4.72 Å². The van der Waals surface area contributed by atoms with Gasteiger partial charge in [0.05, 0.1) is 4.90 Å². The van der Waals surface area contributed by atoms with Crippen LogP contribution in [-0.2, 0) is 10.0 Å². The second-order valence-electron chi connectivity index (χ2n) is 7.42. The smallest absolute Gasteiger partial charge is 0.208 e. The molecule has 0 bridgehead atoms. The van der Waals surface area contributed by atoms with Crippen molar-refractivity contribution in [3.8, 4) is 0 Å². The number of sulfonamides is 1. The molecule has 0 aliphatic rings. The van der Waals surface area contributed by atoms with Gasteiger partial charge < -0.3 is 0 Å². The molecule has 4 heteroatoms. The van der Waals surface area contributed by atoms with Crippen molar-refractivity contribution in [1.82, 2.24) is 4.72 Å². The summed E-state index contributed by atoms with van der Waals surface area (Å²) < 4.78 is 28.9. The van der Waals surface area contributed by atoms with E-state index in [1.807, 2.05) is 13.8 Å². The SMILES string of the molecule is CC[C@@H](C)NS(=O)(=O)c1c(C(C)C)cc(C(C)C)cc1C(C)C. The highest BCUT2D eigenvalue weighted by Gasteiger charge is 2.27. The molecule has 1 aromatic rings. The minimum absolute atomic E-state index is 0.0650. The fourth-order valence-electron chi connectivity index (χ4n) is 2.61. The molecule has 0 saturated carbocycles. The number of nitrogens with one attached hydrogen (secondary N) is 1. The second-order valence-corrected chi connectivity index (χ2v) is 9.07. The van der Waals surface area contributed by atoms with E-state index in [-0.39, 0.29) is 17.9 Å². The van der Waals surface area contributed by atoms with Crippen LogP contribution in [0.15, 0.2) is 17.0 Å². The van der Waals surface area contributed by atoms with E-state index in [9.17, 15) is 8.42 Å². The summed E-state index contributed by atoms with van der Waals surface area (Å²) in [4.78, 5) is 0.493. The third kappa shape index (κ3) is 4.80. The molecular formula is C19H33NO2S. The highest BCUT2D eigenvalue weighted by atomic mass is 32.2. The van der Waals surface area contributed by atoms with E-state index < -0.39 is 10.0 Å². The maximum Gasteiger partial charge on any atom is 0.241 e. The highest BCUT2D eigenvalue weighted by Crippen LogP contribution is 2.35. The van der Waals surface area contributed by atoms with Crippen molar-refractivity contribution in [1.29, 1.82) is 0 Å². The maximum absolute atomic E-state index is 13.0. The zero-order chi connectivity index (χ0) is 17.9. The van der Waals surface area contributed by atoms with Crippen LogP contribution in [0.4, 0.5) is 0 Å². The molecule has 0 heterocycles. The first-order valence-electron chi connectivity index (χ1n) is 8.71. The van der Waals surface area contributed by atoms with Gasteiger partial charge in [0.25, 0.3) is 0 Å². The fraction of sp³-hybridized carbons (Fsp3) is 0.684. The first-order valence-corrected chi connectivity index (χ1v) is 10.2. The molecule has 0 aliphatic heterocycles. The van der Waals surface area contributed by atoms with E-state index in [0.29, 0.717) is 10.8 Å². The molecule has 0 radical (unpaired) electrons. The summed E-state index contributed by atoms with van der Waals surface area (Å²) in [5, 5.41) is 0. The first kappa shape index (κ1) is 20.2. The van der Waals surface area contributed by atoms with Gasteiger partial charge in [-0.2, -0.15) is 0 Å². The average molecular weight is 340 g/mol. The Morgan fingerprint density at radius 3 is 1.61 bits per heavy atom. The van der Waals surface area contributed by atoms with E-state index in [1.165, 1.54) is 5.56 Å². The Kier molecular flexibility index (Phi) is 6.84. The molecule has 0 aliphatic carbocycles. The molecular weight excluding hydrogens is 306 g/mol. The zero-order valence-electron chi connectivity index (χ0n) is 15.9. The van der Waals surface area contributed by atoms with Gasteiger partial charge in [-0.15, -0.1) is 0 Å². The van der Waals surface area contributed by atoms with Gasteiger partial charge >= 0.3 is 0 Å². The Balaban J connectivity index is 3.68. The van der Waals surface area contributed by atoms with Gasteiger partial charge in [0.2, 0.25) is 10.0 Å². The molecule has 23 heavy (non-hydrogen) atoms. The number of rotatable bonds is 7. The largest absolute Gasteiger partial charge is 0.241 e. The molecule has 0 saturated heterocycles. The third-order valence-corrected chi connectivity index (χ3v) is 6.04. The second kappa shape index (κ2) is 7.80. The van der Waals surface area contributed by atoms with Crippen molar-refractivity contribution in [3.05, 3.63) is 28.8 Å².